The van der Waals surface area contributed by atoms with Crippen molar-refractivity contribution >= 4 is 11.1 Å². The number of hydrogen-bond donors (Lipinski definition) is 1. The van der Waals surface area contributed by atoms with Crippen LogP contribution in [0.25, 0.3) is 33.3 Å². The molecule has 4 aromatic rings. The number of rotatable bonds is 5. The first-order valence-corrected chi connectivity index (χ1v) is 11.3. The SMILES string of the molecule is CC(C)(O)Cn1cc(-c2ccc(-c3cnn4ccnc(C5=CCC(C#N)CC5)c34)cc2F)cn1. The molecular weight excluding hydrogens is 431 g/mol. The fourth-order valence-corrected chi connectivity index (χ4v) is 4.46. The molecular formula is C26H25FN6O. The van der Waals surface area contributed by atoms with E-state index in [1.165, 1.54) is 6.07 Å². The Kier molecular flexibility index (Phi) is 5.50. The number of aliphatic hydroxyl groups is 1. The van der Waals surface area contributed by atoms with Gasteiger partial charge in [-0.05, 0) is 50.3 Å². The van der Waals surface area contributed by atoms with Crippen molar-refractivity contribution in [2.45, 2.75) is 45.3 Å². The van der Waals surface area contributed by atoms with Gasteiger partial charge in [-0.25, -0.2) is 8.91 Å². The highest BCUT2D eigenvalue weighted by atomic mass is 19.1. The summed E-state index contributed by atoms with van der Waals surface area (Å²) in [5, 5.41) is 27.9. The van der Waals surface area contributed by atoms with Crippen LogP contribution in [-0.2, 0) is 6.54 Å². The molecule has 0 saturated carbocycles. The van der Waals surface area contributed by atoms with E-state index in [1.54, 1.807) is 60.1 Å². The zero-order valence-corrected chi connectivity index (χ0v) is 19.1. The van der Waals surface area contributed by atoms with E-state index in [1.807, 2.05) is 6.07 Å². The van der Waals surface area contributed by atoms with Crippen LogP contribution in [0.3, 0.4) is 0 Å². The molecule has 0 amide bonds. The van der Waals surface area contributed by atoms with Crippen LogP contribution in [0.1, 0.15) is 38.8 Å². The van der Waals surface area contributed by atoms with Crippen LogP contribution in [0.5, 0.6) is 0 Å². The third-order valence-electron chi connectivity index (χ3n) is 6.10. The van der Waals surface area contributed by atoms with Gasteiger partial charge in [0, 0.05) is 35.3 Å². The van der Waals surface area contributed by atoms with Crippen LogP contribution in [0.15, 0.2) is 55.3 Å². The van der Waals surface area contributed by atoms with Crippen LogP contribution in [0.4, 0.5) is 4.39 Å². The first kappa shape index (κ1) is 22.0. The summed E-state index contributed by atoms with van der Waals surface area (Å²) in [6, 6.07) is 7.47. The van der Waals surface area contributed by atoms with Crippen molar-refractivity contribution in [2.75, 3.05) is 0 Å². The molecule has 0 bridgehead atoms. The first-order chi connectivity index (χ1) is 16.3. The monoisotopic (exact) mass is 456 g/mol. The molecule has 5 rings (SSSR count). The van der Waals surface area contributed by atoms with Gasteiger partial charge in [-0.1, -0.05) is 18.2 Å². The van der Waals surface area contributed by atoms with Crippen LogP contribution >= 0.6 is 0 Å². The molecule has 1 unspecified atom stereocenters. The van der Waals surface area contributed by atoms with Crippen LogP contribution in [-0.4, -0.2) is 35.1 Å². The summed E-state index contributed by atoms with van der Waals surface area (Å²) in [4.78, 5) is 4.62. The summed E-state index contributed by atoms with van der Waals surface area (Å²) >= 11 is 0. The van der Waals surface area contributed by atoms with Crippen LogP contribution < -0.4 is 0 Å². The molecule has 7 nitrogen and oxygen atoms in total. The fraction of sp³-hybridized carbons (Fsp3) is 0.308. The molecule has 172 valence electrons. The van der Waals surface area contributed by atoms with Crippen LogP contribution in [0.2, 0.25) is 0 Å². The van der Waals surface area contributed by atoms with Crippen LogP contribution in [0, 0.1) is 23.1 Å². The molecule has 1 aliphatic carbocycles. The number of halogens is 1. The minimum absolute atomic E-state index is 0.0438. The Bertz CT molecular complexity index is 1440. The molecule has 0 spiro atoms. The van der Waals surface area contributed by atoms with Gasteiger partial charge in [0.25, 0.3) is 0 Å². The van der Waals surface area contributed by atoms with Gasteiger partial charge >= 0.3 is 0 Å². The van der Waals surface area contributed by atoms with Gasteiger partial charge in [0.05, 0.1) is 47.7 Å². The average molecular weight is 457 g/mol. The highest BCUT2D eigenvalue weighted by Gasteiger charge is 2.21. The zero-order valence-electron chi connectivity index (χ0n) is 19.1. The lowest BCUT2D eigenvalue weighted by Gasteiger charge is -2.17. The van der Waals surface area contributed by atoms with E-state index in [0.29, 0.717) is 29.7 Å². The maximum atomic E-state index is 15.2. The average Bonchev–Trinajstić information content (AvgIpc) is 3.45. The molecule has 1 atom stereocenters. The molecule has 0 aliphatic heterocycles. The summed E-state index contributed by atoms with van der Waals surface area (Å²) in [5.74, 6) is -0.318. The van der Waals surface area contributed by atoms with Gasteiger partial charge in [0.1, 0.15) is 5.82 Å². The third-order valence-corrected chi connectivity index (χ3v) is 6.10. The fourth-order valence-electron chi connectivity index (χ4n) is 4.46. The molecule has 1 N–H and O–H groups in total. The van der Waals surface area contributed by atoms with Crippen molar-refractivity contribution in [3.05, 3.63) is 66.8 Å². The molecule has 1 aromatic carbocycles. The number of allylic oxidation sites excluding steroid dienone is 2. The first-order valence-electron chi connectivity index (χ1n) is 11.3. The van der Waals surface area contributed by atoms with Gasteiger partial charge in [-0.15, -0.1) is 0 Å². The van der Waals surface area contributed by atoms with Gasteiger partial charge in [0.2, 0.25) is 0 Å². The second-order valence-electron chi connectivity index (χ2n) is 9.39. The summed E-state index contributed by atoms with van der Waals surface area (Å²) in [6.07, 6.45) is 12.9. The van der Waals surface area contributed by atoms with E-state index < -0.39 is 5.60 Å². The Hall–Kier alpha value is -3.83. The van der Waals surface area contributed by atoms with Crippen molar-refractivity contribution in [1.82, 2.24) is 24.4 Å². The van der Waals surface area contributed by atoms with Crippen molar-refractivity contribution in [1.29, 1.82) is 5.26 Å². The summed E-state index contributed by atoms with van der Waals surface area (Å²) in [5.41, 5.74) is 4.43. The number of nitrogens with zero attached hydrogens (tertiary/aromatic N) is 6. The lowest BCUT2D eigenvalue weighted by molar-refractivity contribution is 0.0577. The van der Waals surface area contributed by atoms with Gasteiger partial charge in [0.15, 0.2) is 0 Å². The standard InChI is InChI=1S/C26H25FN6O/c1-26(2,34)16-32-15-20(13-30-32)21-8-7-19(11-23(21)27)22-14-31-33-10-9-29-24(25(22)33)18-5-3-17(12-28)4-6-18/h5,7-11,13-15,17,34H,3-4,6,16H2,1-2H3. The molecule has 8 heteroatoms. The smallest absolute Gasteiger partial charge is 0.131 e. The topological polar surface area (TPSA) is 92.0 Å². The second kappa shape index (κ2) is 8.50. The molecule has 1 aliphatic rings. The Balaban J connectivity index is 1.51. The minimum atomic E-state index is -0.912. The molecule has 34 heavy (non-hydrogen) atoms. The third kappa shape index (κ3) is 4.22. The molecule has 0 radical (unpaired) electrons. The predicted molar refractivity (Wildman–Crippen MR) is 127 cm³/mol. The van der Waals surface area contributed by atoms with E-state index in [9.17, 15) is 10.4 Å². The van der Waals surface area contributed by atoms with Gasteiger partial charge < -0.3 is 5.11 Å². The predicted octanol–water partition coefficient (Wildman–Crippen LogP) is 4.88. The number of aromatic nitrogens is 5. The highest BCUT2D eigenvalue weighted by molar-refractivity contribution is 5.89. The van der Waals surface area contributed by atoms with E-state index >= 15 is 4.39 Å². The Labute approximate surface area is 196 Å². The molecule has 3 heterocycles. The van der Waals surface area contributed by atoms with Crippen molar-refractivity contribution in [3.8, 4) is 28.3 Å². The maximum Gasteiger partial charge on any atom is 0.131 e. The van der Waals surface area contributed by atoms with Crippen molar-refractivity contribution in [3.63, 3.8) is 0 Å². The lowest BCUT2D eigenvalue weighted by atomic mass is 9.88. The quantitative estimate of drug-likeness (QED) is 0.462. The van der Waals surface area contributed by atoms with E-state index in [0.717, 1.165) is 35.2 Å². The largest absolute Gasteiger partial charge is 0.389 e. The normalized spacial score (nSPS) is 16.4. The lowest BCUT2D eigenvalue weighted by Crippen LogP contribution is -2.26. The van der Waals surface area contributed by atoms with Crippen molar-refractivity contribution in [2.24, 2.45) is 5.92 Å². The summed E-state index contributed by atoms with van der Waals surface area (Å²) in [7, 11) is 0. The minimum Gasteiger partial charge on any atom is -0.389 e. The summed E-state index contributed by atoms with van der Waals surface area (Å²) < 4.78 is 18.6. The number of fused-ring (bicyclic) bond motifs is 1. The summed E-state index contributed by atoms with van der Waals surface area (Å²) in [6.45, 7) is 3.72. The number of benzene rings is 1. The van der Waals surface area contributed by atoms with Gasteiger partial charge in [-0.3, -0.25) is 9.67 Å². The number of hydrogen-bond acceptors (Lipinski definition) is 5. The van der Waals surface area contributed by atoms with E-state index in [4.69, 9.17) is 0 Å². The molecule has 3 aromatic heterocycles. The highest BCUT2D eigenvalue weighted by Crippen LogP contribution is 2.36. The number of nitriles is 1. The van der Waals surface area contributed by atoms with Gasteiger partial charge in [-0.2, -0.15) is 15.5 Å². The van der Waals surface area contributed by atoms with E-state index in [-0.39, 0.29) is 11.7 Å². The molecule has 0 saturated heterocycles. The van der Waals surface area contributed by atoms with Crippen molar-refractivity contribution < 1.29 is 9.50 Å². The molecule has 0 fully saturated rings. The van der Waals surface area contributed by atoms with E-state index in [2.05, 4.69) is 27.3 Å². The second-order valence-corrected chi connectivity index (χ2v) is 9.39. The Morgan fingerprint density at radius 1 is 1.21 bits per heavy atom. The zero-order chi connectivity index (χ0) is 23.9. The Morgan fingerprint density at radius 2 is 2.06 bits per heavy atom. The Morgan fingerprint density at radius 3 is 2.76 bits per heavy atom. The maximum absolute atomic E-state index is 15.2.